The van der Waals surface area contributed by atoms with Gasteiger partial charge in [0, 0.05) is 43.4 Å². The summed E-state index contributed by atoms with van der Waals surface area (Å²) in [7, 11) is 0. The predicted octanol–water partition coefficient (Wildman–Crippen LogP) is 1.44. The maximum absolute atomic E-state index is 12.5. The summed E-state index contributed by atoms with van der Waals surface area (Å²) in [6, 6.07) is 10.9. The number of benzene rings is 1. The van der Waals surface area contributed by atoms with Crippen LogP contribution in [0.1, 0.15) is 27.1 Å². The molecule has 0 bridgehead atoms. The Morgan fingerprint density at radius 1 is 1.19 bits per heavy atom. The lowest BCUT2D eigenvalue weighted by atomic mass is 10.1. The third-order valence-electron chi connectivity index (χ3n) is 4.68. The number of primary amides is 1. The van der Waals surface area contributed by atoms with Crippen LogP contribution in [0.2, 0.25) is 0 Å². The minimum Gasteiger partial charge on any atom is -0.369 e. The number of carbonyl (C=O) groups excluding carboxylic acids is 2. The van der Waals surface area contributed by atoms with Crippen molar-refractivity contribution in [2.45, 2.75) is 12.5 Å². The Morgan fingerprint density at radius 3 is 2.88 bits per heavy atom. The summed E-state index contributed by atoms with van der Waals surface area (Å²) in [5, 5.41) is 3.07. The van der Waals surface area contributed by atoms with Gasteiger partial charge in [0.25, 0.3) is 11.8 Å². The topological polar surface area (TPSA) is 92.7 Å². The van der Waals surface area contributed by atoms with Gasteiger partial charge in [0.1, 0.15) is 5.65 Å². The summed E-state index contributed by atoms with van der Waals surface area (Å²) in [6.45, 7) is 1.40. The molecule has 0 aliphatic carbocycles. The van der Waals surface area contributed by atoms with Crippen LogP contribution in [0.15, 0.2) is 55.0 Å². The van der Waals surface area contributed by atoms with Crippen LogP contribution in [-0.2, 0) is 0 Å². The number of aromatic nitrogens is 2. The van der Waals surface area contributed by atoms with E-state index in [-0.39, 0.29) is 11.9 Å². The second kappa shape index (κ2) is 6.51. The van der Waals surface area contributed by atoms with Gasteiger partial charge in [-0.2, -0.15) is 0 Å². The number of pyridine rings is 1. The van der Waals surface area contributed by atoms with Crippen LogP contribution >= 0.6 is 0 Å². The first-order valence-electron chi connectivity index (χ1n) is 8.49. The first-order chi connectivity index (χ1) is 12.6. The quantitative estimate of drug-likeness (QED) is 0.745. The molecule has 1 unspecified atom stereocenters. The normalized spacial score (nSPS) is 16.8. The first-order valence-corrected chi connectivity index (χ1v) is 8.49. The molecule has 132 valence electrons. The molecule has 1 saturated heterocycles. The van der Waals surface area contributed by atoms with Crippen LogP contribution in [0.5, 0.6) is 0 Å². The van der Waals surface area contributed by atoms with E-state index < -0.39 is 5.91 Å². The van der Waals surface area contributed by atoms with Gasteiger partial charge in [-0.3, -0.25) is 9.59 Å². The van der Waals surface area contributed by atoms with Crippen LogP contribution in [0, 0.1) is 0 Å². The number of para-hydroxylation sites is 1. The van der Waals surface area contributed by atoms with Gasteiger partial charge in [-0.05, 0) is 30.7 Å². The van der Waals surface area contributed by atoms with Gasteiger partial charge in [-0.15, -0.1) is 0 Å². The lowest BCUT2D eigenvalue weighted by molar-refractivity contribution is 0.0938. The molecule has 7 nitrogen and oxygen atoms in total. The highest BCUT2D eigenvalue weighted by atomic mass is 16.2. The number of hydrogen-bond acceptors (Lipinski definition) is 4. The van der Waals surface area contributed by atoms with Gasteiger partial charge in [0.2, 0.25) is 0 Å². The van der Waals surface area contributed by atoms with Crippen molar-refractivity contribution in [1.29, 1.82) is 0 Å². The second-order valence-electron chi connectivity index (χ2n) is 6.40. The molecule has 3 heterocycles. The zero-order valence-corrected chi connectivity index (χ0v) is 14.1. The first kappa shape index (κ1) is 16.1. The zero-order valence-electron chi connectivity index (χ0n) is 14.1. The summed E-state index contributed by atoms with van der Waals surface area (Å²) in [4.78, 5) is 30.4. The molecule has 1 aromatic carbocycles. The molecule has 3 N–H and O–H groups in total. The molecule has 1 aliphatic heterocycles. The molecule has 0 saturated carbocycles. The Hall–Kier alpha value is -3.35. The summed E-state index contributed by atoms with van der Waals surface area (Å²) in [5.41, 5.74) is 8.18. The third kappa shape index (κ3) is 2.99. The predicted molar refractivity (Wildman–Crippen MR) is 98.2 cm³/mol. The van der Waals surface area contributed by atoms with Gasteiger partial charge in [-0.25, -0.2) is 4.98 Å². The van der Waals surface area contributed by atoms with Gasteiger partial charge < -0.3 is 20.4 Å². The van der Waals surface area contributed by atoms with Crippen molar-refractivity contribution in [3.8, 4) is 0 Å². The monoisotopic (exact) mass is 349 g/mol. The lowest BCUT2D eigenvalue weighted by Gasteiger charge is -2.21. The van der Waals surface area contributed by atoms with E-state index in [2.05, 4.69) is 15.2 Å². The van der Waals surface area contributed by atoms with Crippen LogP contribution in [0.3, 0.4) is 0 Å². The number of carbonyl (C=O) groups is 2. The van der Waals surface area contributed by atoms with E-state index >= 15 is 0 Å². The van der Waals surface area contributed by atoms with Gasteiger partial charge in [-0.1, -0.05) is 12.1 Å². The zero-order chi connectivity index (χ0) is 18.1. The van der Waals surface area contributed by atoms with Crippen LogP contribution in [0.25, 0.3) is 5.65 Å². The van der Waals surface area contributed by atoms with E-state index in [1.807, 2.05) is 28.8 Å². The molecule has 1 fully saturated rings. The number of rotatable bonds is 4. The average Bonchev–Trinajstić information content (AvgIpc) is 3.30. The number of imidazole rings is 1. The fourth-order valence-corrected chi connectivity index (χ4v) is 3.38. The number of amides is 2. The highest BCUT2D eigenvalue weighted by molar-refractivity contribution is 5.98. The number of nitrogens with one attached hydrogen (secondary N) is 1. The molecule has 0 spiro atoms. The molecular formula is C19H19N5O2. The molecule has 1 atom stereocenters. The maximum Gasteiger partial charge on any atom is 0.253 e. The molecule has 2 aromatic heterocycles. The molecule has 0 radical (unpaired) electrons. The average molecular weight is 349 g/mol. The van der Waals surface area contributed by atoms with E-state index in [9.17, 15) is 9.59 Å². The molecule has 7 heteroatoms. The Morgan fingerprint density at radius 2 is 2.04 bits per heavy atom. The van der Waals surface area contributed by atoms with E-state index in [1.165, 1.54) is 0 Å². The van der Waals surface area contributed by atoms with Crippen molar-refractivity contribution < 1.29 is 9.59 Å². The number of hydrogen-bond donors (Lipinski definition) is 2. The standard InChI is InChI=1S/C19H19N5O2/c20-18(25)15-3-1-2-4-16(15)23-9-7-14(12-23)22-19(26)13-5-6-17-21-8-10-24(17)11-13/h1-6,8,10-11,14H,7,9,12H2,(H2,20,25)(H,22,26). The summed E-state index contributed by atoms with van der Waals surface area (Å²) in [5.74, 6) is -0.558. The smallest absolute Gasteiger partial charge is 0.253 e. The third-order valence-corrected chi connectivity index (χ3v) is 4.68. The number of fused-ring (bicyclic) bond motifs is 1. The van der Waals surface area contributed by atoms with Gasteiger partial charge in [0.05, 0.1) is 11.1 Å². The summed E-state index contributed by atoms with van der Waals surface area (Å²) < 4.78 is 1.82. The SMILES string of the molecule is NC(=O)c1ccccc1N1CCC(NC(=O)c2ccc3nccn3c2)C1. The highest BCUT2D eigenvalue weighted by Crippen LogP contribution is 2.24. The van der Waals surface area contributed by atoms with Crippen molar-refractivity contribution in [3.63, 3.8) is 0 Å². The number of anilines is 1. The van der Waals surface area contributed by atoms with E-state index in [1.54, 1.807) is 30.6 Å². The molecule has 1 aliphatic rings. The minimum atomic E-state index is -0.443. The van der Waals surface area contributed by atoms with E-state index in [0.717, 1.165) is 24.3 Å². The van der Waals surface area contributed by atoms with Gasteiger partial charge in [0.15, 0.2) is 0 Å². The Labute approximate surface area is 150 Å². The molecule has 26 heavy (non-hydrogen) atoms. The molecule has 3 aromatic rings. The highest BCUT2D eigenvalue weighted by Gasteiger charge is 2.26. The molecular weight excluding hydrogens is 330 g/mol. The summed E-state index contributed by atoms with van der Waals surface area (Å²) >= 11 is 0. The van der Waals surface area contributed by atoms with E-state index in [0.29, 0.717) is 17.7 Å². The second-order valence-corrected chi connectivity index (χ2v) is 6.40. The number of nitrogens with zero attached hydrogens (tertiary/aromatic N) is 3. The Bertz CT molecular complexity index is 981. The van der Waals surface area contributed by atoms with Gasteiger partial charge >= 0.3 is 0 Å². The fourth-order valence-electron chi connectivity index (χ4n) is 3.38. The minimum absolute atomic E-state index is 0.0157. The van der Waals surface area contributed by atoms with Crippen LogP contribution < -0.4 is 16.0 Å². The lowest BCUT2D eigenvalue weighted by Crippen LogP contribution is -2.37. The van der Waals surface area contributed by atoms with Crippen molar-refractivity contribution >= 4 is 23.1 Å². The van der Waals surface area contributed by atoms with Crippen molar-refractivity contribution in [2.75, 3.05) is 18.0 Å². The van der Waals surface area contributed by atoms with Crippen LogP contribution in [-0.4, -0.2) is 40.3 Å². The number of nitrogens with two attached hydrogens (primary N) is 1. The molecule has 4 rings (SSSR count). The van der Waals surface area contributed by atoms with E-state index in [4.69, 9.17) is 5.73 Å². The fraction of sp³-hybridized carbons (Fsp3) is 0.211. The van der Waals surface area contributed by atoms with Crippen molar-refractivity contribution in [3.05, 3.63) is 66.1 Å². The van der Waals surface area contributed by atoms with Crippen LogP contribution in [0.4, 0.5) is 5.69 Å². The molecule has 2 amide bonds. The van der Waals surface area contributed by atoms with Crippen molar-refractivity contribution in [2.24, 2.45) is 5.73 Å². The maximum atomic E-state index is 12.5. The largest absolute Gasteiger partial charge is 0.369 e. The Balaban J connectivity index is 1.46. The Kier molecular flexibility index (Phi) is 4.04. The van der Waals surface area contributed by atoms with Crippen molar-refractivity contribution in [1.82, 2.24) is 14.7 Å². The summed E-state index contributed by atoms with van der Waals surface area (Å²) in [6.07, 6.45) is 6.09.